The standard InChI is InChI=1S/C10H18N2O2/c1-14-5-4-10(13)12-7-2-3-9(12)8(11)6-7/h7-9H,2-6,11H2,1H3. The summed E-state index contributed by atoms with van der Waals surface area (Å²) < 4.78 is 4.91. The van der Waals surface area contributed by atoms with Gasteiger partial charge in [0.2, 0.25) is 5.91 Å². The fourth-order valence-corrected chi connectivity index (χ4v) is 2.74. The Labute approximate surface area is 84.4 Å². The summed E-state index contributed by atoms with van der Waals surface area (Å²) in [5, 5.41) is 0. The second-order valence-corrected chi connectivity index (χ2v) is 4.24. The molecule has 0 aromatic rings. The van der Waals surface area contributed by atoms with Crippen LogP contribution in [0, 0.1) is 0 Å². The van der Waals surface area contributed by atoms with E-state index in [0.29, 0.717) is 25.1 Å². The van der Waals surface area contributed by atoms with Gasteiger partial charge in [-0.05, 0) is 19.3 Å². The van der Waals surface area contributed by atoms with Gasteiger partial charge in [-0.3, -0.25) is 4.79 Å². The molecule has 2 heterocycles. The third kappa shape index (κ3) is 1.53. The number of ether oxygens (including phenoxy) is 1. The monoisotopic (exact) mass is 198 g/mol. The number of nitrogens with two attached hydrogens (primary N) is 1. The predicted octanol–water partition coefficient (Wildman–Crippen LogP) is 0.113. The third-order valence-corrected chi connectivity index (χ3v) is 3.39. The summed E-state index contributed by atoms with van der Waals surface area (Å²) in [7, 11) is 1.62. The van der Waals surface area contributed by atoms with E-state index in [9.17, 15) is 4.79 Å². The van der Waals surface area contributed by atoms with E-state index in [4.69, 9.17) is 10.5 Å². The number of nitrogens with zero attached hydrogens (tertiary/aromatic N) is 1. The van der Waals surface area contributed by atoms with Gasteiger partial charge in [-0.25, -0.2) is 0 Å². The summed E-state index contributed by atoms with van der Waals surface area (Å²) in [6.45, 7) is 0.518. The fraction of sp³-hybridized carbons (Fsp3) is 0.900. The van der Waals surface area contributed by atoms with Crippen molar-refractivity contribution >= 4 is 5.91 Å². The Bertz CT molecular complexity index is 232. The number of carbonyl (C=O) groups excluding carboxylic acids is 1. The highest BCUT2D eigenvalue weighted by molar-refractivity contribution is 5.78. The summed E-state index contributed by atoms with van der Waals surface area (Å²) >= 11 is 0. The van der Waals surface area contributed by atoms with Crippen molar-refractivity contribution in [2.45, 2.75) is 43.8 Å². The summed E-state index contributed by atoms with van der Waals surface area (Å²) in [5.41, 5.74) is 5.95. The van der Waals surface area contributed by atoms with E-state index >= 15 is 0 Å². The first kappa shape index (κ1) is 9.93. The Balaban J connectivity index is 1.95. The van der Waals surface area contributed by atoms with Gasteiger partial charge in [-0.15, -0.1) is 0 Å². The Morgan fingerprint density at radius 3 is 2.86 bits per heavy atom. The third-order valence-electron chi connectivity index (χ3n) is 3.39. The van der Waals surface area contributed by atoms with Gasteiger partial charge in [-0.1, -0.05) is 0 Å². The van der Waals surface area contributed by atoms with Crippen LogP contribution in [-0.4, -0.2) is 42.6 Å². The van der Waals surface area contributed by atoms with E-state index in [1.165, 1.54) is 0 Å². The van der Waals surface area contributed by atoms with Crippen LogP contribution in [-0.2, 0) is 9.53 Å². The van der Waals surface area contributed by atoms with Gasteiger partial charge in [0.15, 0.2) is 0 Å². The van der Waals surface area contributed by atoms with E-state index in [-0.39, 0.29) is 11.9 Å². The molecule has 2 saturated heterocycles. The van der Waals surface area contributed by atoms with Crippen LogP contribution in [0.1, 0.15) is 25.7 Å². The topological polar surface area (TPSA) is 55.6 Å². The summed E-state index contributed by atoms with van der Waals surface area (Å²) in [6, 6.07) is 0.934. The number of rotatable bonds is 3. The van der Waals surface area contributed by atoms with Gasteiger partial charge < -0.3 is 15.4 Å². The number of methoxy groups -OCH3 is 1. The highest BCUT2D eigenvalue weighted by atomic mass is 16.5. The first-order valence-corrected chi connectivity index (χ1v) is 5.29. The molecule has 3 atom stereocenters. The Hall–Kier alpha value is -0.610. The van der Waals surface area contributed by atoms with E-state index < -0.39 is 0 Å². The van der Waals surface area contributed by atoms with Gasteiger partial charge >= 0.3 is 0 Å². The van der Waals surface area contributed by atoms with Crippen molar-refractivity contribution in [2.24, 2.45) is 5.73 Å². The molecule has 0 saturated carbocycles. The molecule has 0 spiro atoms. The van der Waals surface area contributed by atoms with Crippen LogP contribution in [0.3, 0.4) is 0 Å². The maximum Gasteiger partial charge on any atom is 0.225 e. The van der Waals surface area contributed by atoms with E-state index in [2.05, 4.69) is 0 Å². The van der Waals surface area contributed by atoms with Crippen molar-refractivity contribution in [3.8, 4) is 0 Å². The van der Waals surface area contributed by atoms with Crippen molar-refractivity contribution in [1.82, 2.24) is 4.90 Å². The van der Waals surface area contributed by atoms with Crippen LogP contribution in [0.4, 0.5) is 0 Å². The molecular formula is C10H18N2O2. The van der Waals surface area contributed by atoms with Crippen molar-refractivity contribution in [3.05, 3.63) is 0 Å². The molecule has 0 radical (unpaired) electrons. The lowest BCUT2D eigenvalue weighted by Crippen LogP contribution is -2.40. The normalized spacial score (nSPS) is 35.3. The van der Waals surface area contributed by atoms with Crippen molar-refractivity contribution in [3.63, 3.8) is 0 Å². The van der Waals surface area contributed by atoms with Gasteiger partial charge in [0.1, 0.15) is 0 Å². The van der Waals surface area contributed by atoms with Crippen LogP contribution >= 0.6 is 0 Å². The molecule has 0 aromatic heterocycles. The minimum atomic E-state index is 0.209. The van der Waals surface area contributed by atoms with Gasteiger partial charge in [0.25, 0.3) is 0 Å². The highest BCUT2D eigenvalue weighted by Gasteiger charge is 2.46. The molecule has 1 amide bonds. The number of carbonyl (C=O) groups is 1. The van der Waals surface area contributed by atoms with Crippen LogP contribution < -0.4 is 5.73 Å². The van der Waals surface area contributed by atoms with Gasteiger partial charge in [0.05, 0.1) is 13.0 Å². The molecular weight excluding hydrogens is 180 g/mol. The maximum absolute atomic E-state index is 11.8. The molecule has 2 aliphatic heterocycles. The molecule has 4 heteroatoms. The van der Waals surface area contributed by atoms with E-state index in [0.717, 1.165) is 19.3 Å². The van der Waals surface area contributed by atoms with E-state index in [1.807, 2.05) is 4.90 Å². The maximum atomic E-state index is 11.8. The molecule has 2 bridgehead atoms. The zero-order valence-electron chi connectivity index (χ0n) is 8.61. The summed E-state index contributed by atoms with van der Waals surface area (Å²) in [6.07, 6.45) is 3.71. The number of amides is 1. The molecule has 2 N–H and O–H groups in total. The number of hydrogen-bond donors (Lipinski definition) is 1. The Morgan fingerprint density at radius 1 is 1.57 bits per heavy atom. The molecule has 2 fully saturated rings. The van der Waals surface area contributed by atoms with Crippen LogP contribution in [0.2, 0.25) is 0 Å². The average Bonchev–Trinajstić information content (AvgIpc) is 2.70. The molecule has 0 aromatic carbocycles. The Kier molecular flexibility index (Phi) is 2.74. The second-order valence-electron chi connectivity index (χ2n) is 4.24. The van der Waals surface area contributed by atoms with E-state index in [1.54, 1.807) is 7.11 Å². The lowest BCUT2D eigenvalue weighted by atomic mass is 9.97. The first-order valence-electron chi connectivity index (χ1n) is 5.29. The van der Waals surface area contributed by atoms with Crippen LogP contribution in [0.15, 0.2) is 0 Å². The largest absolute Gasteiger partial charge is 0.384 e. The van der Waals surface area contributed by atoms with Crippen molar-refractivity contribution in [1.29, 1.82) is 0 Å². The minimum absolute atomic E-state index is 0.209. The van der Waals surface area contributed by atoms with Crippen molar-refractivity contribution < 1.29 is 9.53 Å². The lowest BCUT2D eigenvalue weighted by Gasteiger charge is -2.22. The lowest BCUT2D eigenvalue weighted by molar-refractivity contribution is -0.133. The highest BCUT2D eigenvalue weighted by Crippen LogP contribution is 2.36. The quantitative estimate of drug-likeness (QED) is 0.700. The first-order chi connectivity index (χ1) is 6.74. The molecule has 2 aliphatic rings. The van der Waals surface area contributed by atoms with Gasteiger partial charge in [0, 0.05) is 25.2 Å². The fourth-order valence-electron chi connectivity index (χ4n) is 2.74. The molecule has 3 unspecified atom stereocenters. The predicted molar refractivity (Wildman–Crippen MR) is 52.7 cm³/mol. The van der Waals surface area contributed by atoms with Crippen molar-refractivity contribution in [2.75, 3.05) is 13.7 Å². The smallest absolute Gasteiger partial charge is 0.225 e. The molecule has 0 aliphatic carbocycles. The van der Waals surface area contributed by atoms with Gasteiger partial charge in [-0.2, -0.15) is 0 Å². The number of fused-ring (bicyclic) bond motifs is 2. The summed E-state index contributed by atoms with van der Waals surface area (Å²) in [4.78, 5) is 13.8. The molecule has 4 nitrogen and oxygen atoms in total. The zero-order chi connectivity index (χ0) is 10.1. The minimum Gasteiger partial charge on any atom is -0.384 e. The number of hydrogen-bond acceptors (Lipinski definition) is 3. The van der Waals surface area contributed by atoms with Crippen LogP contribution in [0.25, 0.3) is 0 Å². The Morgan fingerprint density at radius 2 is 2.36 bits per heavy atom. The second kappa shape index (κ2) is 3.87. The van der Waals surface area contributed by atoms with Crippen LogP contribution in [0.5, 0.6) is 0 Å². The molecule has 14 heavy (non-hydrogen) atoms. The average molecular weight is 198 g/mol. The SMILES string of the molecule is COCCC(=O)N1C2CCC1C(N)C2. The molecule has 2 rings (SSSR count). The summed E-state index contributed by atoms with van der Waals surface area (Å²) in [5.74, 6) is 0.215. The zero-order valence-corrected chi connectivity index (χ0v) is 8.61. The molecule has 80 valence electrons.